The number of carbonyl (C=O) groups is 3. The normalized spacial score (nSPS) is 24.1. The van der Waals surface area contributed by atoms with Crippen molar-refractivity contribution in [1.82, 2.24) is 14.8 Å². The number of amides is 4. The van der Waals surface area contributed by atoms with Crippen molar-refractivity contribution in [2.24, 2.45) is 11.3 Å². The van der Waals surface area contributed by atoms with E-state index in [0.29, 0.717) is 31.2 Å². The topological polar surface area (TPSA) is 91.7 Å². The predicted octanol–water partition coefficient (Wildman–Crippen LogP) is 4.47. The lowest BCUT2D eigenvalue weighted by Crippen LogP contribution is -2.68. The maximum Gasteiger partial charge on any atom is 0.335 e. The molecule has 0 saturated carbocycles. The molecule has 4 heterocycles. The van der Waals surface area contributed by atoms with Crippen molar-refractivity contribution in [3.63, 3.8) is 0 Å². The van der Waals surface area contributed by atoms with Crippen LogP contribution in [-0.4, -0.2) is 46.9 Å². The number of hydrogen-bond acceptors (Lipinski definition) is 5. The summed E-state index contributed by atoms with van der Waals surface area (Å²) in [6.07, 6.45) is 1.98. The van der Waals surface area contributed by atoms with E-state index in [0.717, 1.165) is 34.6 Å². The van der Waals surface area contributed by atoms with Crippen molar-refractivity contribution in [2.75, 3.05) is 24.5 Å². The molecule has 6 rings (SSSR count). The van der Waals surface area contributed by atoms with Crippen molar-refractivity contribution in [3.05, 3.63) is 99.5 Å². The van der Waals surface area contributed by atoms with Crippen LogP contribution in [0.1, 0.15) is 61.4 Å². The van der Waals surface area contributed by atoms with Crippen LogP contribution < -0.4 is 15.8 Å². The Balaban J connectivity index is 1.37. The van der Waals surface area contributed by atoms with E-state index in [9.17, 15) is 19.2 Å². The number of benzene rings is 2. The smallest absolute Gasteiger partial charge is 0.312 e. The van der Waals surface area contributed by atoms with Crippen molar-refractivity contribution in [3.8, 4) is 0 Å². The number of piperidine rings is 1. The first-order valence-electron chi connectivity index (χ1n) is 15.0. The van der Waals surface area contributed by atoms with Crippen LogP contribution in [-0.2, 0) is 29.0 Å². The van der Waals surface area contributed by atoms with Gasteiger partial charge in [0.15, 0.2) is 0 Å². The van der Waals surface area contributed by atoms with E-state index in [1.165, 1.54) is 5.56 Å². The van der Waals surface area contributed by atoms with Crippen LogP contribution in [0.3, 0.4) is 0 Å². The fourth-order valence-electron chi connectivity index (χ4n) is 7.02. The Morgan fingerprint density at radius 3 is 2.29 bits per heavy atom. The lowest BCUT2D eigenvalue weighted by atomic mass is 9.75. The molecule has 0 aliphatic carbocycles. The highest BCUT2D eigenvalue weighted by atomic mass is 16.2. The molecule has 8 heteroatoms. The Hall–Kier alpha value is -4.04. The van der Waals surface area contributed by atoms with Gasteiger partial charge in [-0.25, -0.2) is 9.69 Å². The van der Waals surface area contributed by atoms with Gasteiger partial charge in [-0.3, -0.25) is 19.7 Å². The second kappa shape index (κ2) is 11.0. The van der Waals surface area contributed by atoms with Gasteiger partial charge in [0.2, 0.25) is 5.91 Å². The first-order chi connectivity index (χ1) is 20.2. The van der Waals surface area contributed by atoms with Crippen LogP contribution in [0.5, 0.6) is 0 Å². The van der Waals surface area contributed by atoms with Crippen LogP contribution in [0, 0.1) is 11.3 Å². The lowest BCUT2D eigenvalue weighted by Gasteiger charge is -2.47. The van der Waals surface area contributed by atoms with Crippen LogP contribution in [0.25, 0.3) is 0 Å². The van der Waals surface area contributed by atoms with Gasteiger partial charge < -0.3 is 9.47 Å². The Morgan fingerprint density at radius 2 is 1.60 bits per heavy atom. The number of likely N-dealkylation sites (tertiary alicyclic amines) is 1. The fraction of sp³-hybridized carbons (Fsp3) is 0.412. The lowest BCUT2D eigenvalue weighted by molar-refractivity contribution is -0.144. The summed E-state index contributed by atoms with van der Waals surface area (Å²) in [5.74, 6) is -0.329. The maximum atomic E-state index is 14.5. The summed E-state index contributed by atoms with van der Waals surface area (Å²) in [6, 6.07) is 20.1. The Bertz CT molecular complexity index is 1580. The summed E-state index contributed by atoms with van der Waals surface area (Å²) >= 11 is 0. The van der Waals surface area contributed by atoms with Crippen molar-refractivity contribution < 1.29 is 14.4 Å². The number of rotatable bonds is 7. The molecule has 4 amide bonds. The molecule has 2 saturated heterocycles. The van der Waals surface area contributed by atoms with Crippen LogP contribution >= 0.6 is 0 Å². The minimum Gasteiger partial charge on any atom is -0.312 e. The molecule has 3 aliphatic rings. The Morgan fingerprint density at radius 1 is 0.881 bits per heavy atom. The molecule has 2 fully saturated rings. The predicted molar refractivity (Wildman–Crippen MR) is 162 cm³/mol. The number of urea groups is 1. The van der Waals surface area contributed by atoms with Gasteiger partial charge in [0.05, 0.1) is 5.69 Å². The third-order valence-corrected chi connectivity index (χ3v) is 9.27. The van der Waals surface area contributed by atoms with E-state index in [2.05, 4.69) is 24.1 Å². The van der Waals surface area contributed by atoms with Gasteiger partial charge >= 0.3 is 6.03 Å². The minimum absolute atomic E-state index is 0.0158. The van der Waals surface area contributed by atoms with E-state index in [1.807, 2.05) is 54.0 Å². The molecule has 218 valence electrons. The Kier molecular flexibility index (Phi) is 7.35. The number of nitrogens with one attached hydrogen (secondary N) is 1. The summed E-state index contributed by atoms with van der Waals surface area (Å²) in [5, 5.41) is 2.55. The average molecular weight is 567 g/mol. The molecule has 3 atom stereocenters. The molecule has 2 aromatic carbocycles. The van der Waals surface area contributed by atoms with Gasteiger partial charge in [0, 0.05) is 43.9 Å². The van der Waals surface area contributed by atoms with Crippen molar-refractivity contribution in [1.29, 1.82) is 0 Å². The summed E-state index contributed by atoms with van der Waals surface area (Å²) in [5.41, 5.74) is 3.11. The third kappa shape index (κ3) is 4.98. The number of pyridine rings is 1. The number of carbonyl (C=O) groups excluding carboxylic acids is 3. The largest absolute Gasteiger partial charge is 0.335 e. The molecule has 0 spiro atoms. The summed E-state index contributed by atoms with van der Waals surface area (Å²) < 4.78 is 1.88. The zero-order valence-corrected chi connectivity index (χ0v) is 24.5. The van der Waals surface area contributed by atoms with Crippen LogP contribution in [0.15, 0.2) is 71.5 Å². The number of anilines is 1. The van der Waals surface area contributed by atoms with E-state index in [4.69, 9.17) is 0 Å². The first-order valence-corrected chi connectivity index (χ1v) is 15.0. The van der Waals surface area contributed by atoms with E-state index in [1.54, 1.807) is 24.3 Å². The van der Waals surface area contributed by atoms with Crippen molar-refractivity contribution in [2.45, 2.75) is 58.4 Å². The maximum absolute atomic E-state index is 14.5. The minimum atomic E-state index is -1.50. The number of hydrogen-bond donors (Lipinski definition) is 1. The number of nitrogens with zero attached hydrogens (tertiary/aromatic N) is 3. The van der Waals surface area contributed by atoms with Gasteiger partial charge in [0.25, 0.3) is 11.5 Å². The summed E-state index contributed by atoms with van der Waals surface area (Å²) in [4.78, 5) is 57.5. The standard InChI is InChI=1S/C34H38N4O4/c1-4-23-10-14-28(15-11-23)38-32(41)34(31(40)35-33(38)42,17-24-8-12-26(13-9-24)22(2)3)21-36-18-25-16-27(20-36)29-6-5-7-30(39)37(29)19-25/h5-15,22,25,27H,4,16-21H2,1-3H3,(H,35,40,42)/t25-,27+,34+/m0/s1. The number of aryl methyl sites for hydroxylation is 1. The molecular weight excluding hydrogens is 528 g/mol. The van der Waals surface area contributed by atoms with E-state index in [-0.39, 0.29) is 30.4 Å². The number of barbiturate groups is 1. The quantitative estimate of drug-likeness (QED) is 0.427. The molecule has 1 aromatic heterocycles. The van der Waals surface area contributed by atoms with Crippen LogP contribution in [0.2, 0.25) is 0 Å². The molecule has 3 aliphatic heterocycles. The number of aromatic nitrogens is 1. The molecule has 0 radical (unpaired) electrons. The average Bonchev–Trinajstić information content (AvgIpc) is 2.97. The van der Waals surface area contributed by atoms with Crippen LogP contribution in [0.4, 0.5) is 10.5 Å². The SMILES string of the molecule is CCc1ccc(N2C(=O)NC(=O)[C@@](Cc3ccc(C(C)C)cc3)(CN3C[C@@H]4C[C@H](C3)c3cccc(=O)n3C4)C2=O)cc1. The molecule has 8 nitrogen and oxygen atoms in total. The molecule has 0 unspecified atom stereocenters. The van der Waals surface area contributed by atoms with Gasteiger partial charge in [-0.05, 0) is 66.0 Å². The van der Waals surface area contributed by atoms with Crippen molar-refractivity contribution >= 4 is 23.5 Å². The number of imide groups is 2. The highest BCUT2D eigenvalue weighted by Gasteiger charge is 2.55. The molecular formula is C34H38N4O4. The number of fused-ring (bicyclic) bond motifs is 4. The Labute approximate surface area is 246 Å². The second-order valence-electron chi connectivity index (χ2n) is 12.5. The summed E-state index contributed by atoms with van der Waals surface area (Å²) in [7, 11) is 0. The van der Waals surface area contributed by atoms with Gasteiger partial charge in [0.1, 0.15) is 5.41 Å². The molecule has 42 heavy (non-hydrogen) atoms. The van der Waals surface area contributed by atoms with Gasteiger partial charge in [-0.1, -0.05) is 63.2 Å². The molecule has 2 bridgehead atoms. The second-order valence-corrected chi connectivity index (χ2v) is 12.5. The van der Waals surface area contributed by atoms with E-state index >= 15 is 0 Å². The third-order valence-electron chi connectivity index (χ3n) is 9.27. The highest BCUT2D eigenvalue weighted by Crippen LogP contribution is 2.39. The zero-order chi connectivity index (χ0) is 29.6. The molecule has 3 aromatic rings. The monoisotopic (exact) mass is 566 g/mol. The first kappa shape index (κ1) is 28.1. The summed E-state index contributed by atoms with van der Waals surface area (Å²) in [6.45, 7) is 8.41. The van der Waals surface area contributed by atoms with E-state index < -0.39 is 23.3 Å². The van der Waals surface area contributed by atoms with Gasteiger partial charge in [-0.15, -0.1) is 0 Å². The molecule has 1 N–H and O–H groups in total. The highest BCUT2D eigenvalue weighted by molar-refractivity contribution is 6.30. The van der Waals surface area contributed by atoms with Gasteiger partial charge in [-0.2, -0.15) is 0 Å². The fourth-order valence-corrected chi connectivity index (χ4v) is 7.02. The zero-order valence-electron chi connectivity index (χ0n) is 24.5.